The van der Waals surface area contributed by atoms with Gasteiger partial charge in [0.25, 0.3) is 5.91 Å². The van der Waals surface area contributed by atoms with Crippen molar-refractivity contribution >= 4 is 21.6 Å². The summed E-state index contributed by atoms with van der Waals surface area (Å²) >= 11 is 0. The number of ether oxygens (including phenoxy) is 1. The van der Waals surface area contributed by atoms with Gasteiger partial charge in [0.05, 0.1) is 18.1 Å². The van der Waals surface area contributed by atoms with Crippen molar-refractivity contribution in [3.63, 3.8) is 0 Å². The number of carbonyl (C=O) groups excluding carboxylic acids is 1. The van der Waals surface area contributed by atoms with Crippen LogP contribution in [0.25, 0.3) is 0 Å². The highest BCUT2D eigenvalue weighted by Crippen LogP contribution is 2.20. The minimum atomic E-state index is -3.58. The molecule has 1 amide bonds. The number of nitrogens with zero attached hydrogens (tertiary/aromatic N) is 2. The molecule has 4 N–H and O–H groups in total. The molecule has 0 bridgehead atoms. The molecule has 31 heavy (non-hydrogen) atoms. The van der Waals surface area contributed by atoms with E-state index in [9.17, 15) is 18.5 Å². The highest BCUT2D eigenvalue weighted by atomic mass is 32.2. The number of hydrogen-bond acceptors (Lipinski definition) is 8. The summed E-state index contributed by atoms with van der Waals surface area (Å²) in [5.41, 5.74) is 6.94. The molecule has 1 aliphatic heterocycles. The molecule has 0 spiro atoms. The van der Waals surface area contributed by atoms with Crippen LogP contribution in [-0.2, 0) is 10.0 Å². The van der Waals surface area contributed by atoms with E-state index in [4.69, 9.17) is 4.74 Å². The van der Waals surface area contributed by atoms with Gasteiger partial charge in [-0.15, -0.1) is 0 Å². The Hall–Kier alpha value is -3.17. The third kappa shape index (κ3) is 4.95. The van der Waals surface area contributed by atoms with Gasteiger partial charge in [0.1, 0.15) is 24.0 Å². The number of sulfonamides is 1. The summed E-state index contributed by atoms with van der Waals surface area (Å²) in [4.78, 5) is 12.7. The van der Waals surface area contributed by atoms with Gasteiger partial charge in [-0.3, -0.25) is 4.79 Å². The molecular weight excluding hydrogens is 420 g/mol. The van der Waals surface area contributed by atoms with E-state index in [0.29, 0.717) is 0 Å². The summed E-state index contributed by atoms with van der Waals surface area (Å²) in [6.07, 6.45) is -1.10. The Morgan fingerprint density at radius 1 is 1.06 bits per heavy atom. The Balaban J connectivity index is 1.65. The van der Waals surface area contributed by atoms with Crippen LogP contribution in [0.1, 0.15) is 10.4 Å². The molecule has 11 heteroatoms. The summed E-state index contributed by atoms with van der Waals surface area (Å²) < 4.78 is 30.5. The van der Waals surface area contributed by atoms with Gasteiger partial charge in [-0.25, -0.2) is 23.6 Å². The second kappa shape index (κ2) is 9.32. The normalized spacial score (nSPS) is 20.8. The number of methoxy groups -OCH3 is 1. The predicted molar refractivity (Wildman–Crippen MR) is 114 cm³/mol. The molecule has 0 aliphatic carbocycles. The molecule has 164 valence electrons. The minimum absolute atomic E-state index is 0.0911. The van der Waals surface area contributed by atoms with Gasteiger partial charge in [-0.05, 0) is 48.5 Å². The molecule has 1 heterocycles. The van der Waals surface area contributed by atoms with Crippen LogP contribution >= 0.6 is 0 Å². The van der Waals surface area contributed by atoms with Crippen LogP contribution in [0.2, 0.25) is 0 Å². The maximum absolute atomic E-state index is 12.6. The smallest absolute Gasteiger partial charge is 0.252 e. The number of nitriles is 1. The first kappa shape index (κ1) is 22.5. The quantitative estimate of drug-likeness (QED) is 0.490. The standard InChI is InChI=1S/C20H24N6O4S/c1-26(2)31(28,29)16-10-4-13(5-11-16)20(27)23-19-17(12-21)18(24-25-19)22-14-6-8-15(30-3)9-7-14/h4-11,17-19,22,24-25H,1-3H3,(H,23,27). The summed E-state index contributed by atoms with van der Waals surface area (Å²) in [5.74, 6) is -0.327. The first-order valence-corrected chi connectivity index (χ1v) is 10.8. The molecule has 2 aromatic carbocycles. The molecule has 1 fully saturated rings. The highest BCUT2D eigenvalue weighted by molar-refractivity contribution is 7.89. The molecule has 3 unspecified atom stereocenters. The Labute approximate surface area is 181 Å². The number of amides is 1. The third-order valence-electron chi connectivity index (χ3n) is 4.86. The van der Waals surface area contributed by atoms with Crippen LogP contribution in [0.3, 0.4) is 0 Å². The van der Waals surface area contributed by atoms with Gasteiger partial charge in [-0.2, -0.15) is 5.26 Å². The van der Waals surface area contributed by atoms with Crippen molar-refractivity contribution in [1.82, 2.24) is 20.5 Å². The fourth-order valence-electron chi connectivity index (χ4n) is 3.03. The number of anilines is 1. The second-order valence-corrected chi connectivity index (χ2v) is 9.21. The Morgan fingerprint density at radius 3 is 2.23 bits per heavy atom. The molecule has 3 rings (SSSR count). The first-order chi connectivity index (χ1) is 14.8. The maximum atomic E-state index is 12.6. The van der Waals surface area contributed by atoms with Crippen LogP contribution in [0.4, 0.5) is 5.69 Å². The second-order valence-electron chi connectivity index (χ2n) is 7.06. The van der Waals surface area contributed by atoms with Gasteiger partial charge < -0.3 is 15.4 Å². The van der Waals surface area contributed by atoms with Crippen LogP contribution in [0.5, 0.6) is 5.75 Å². The van der Waals surface area contributed by atoms with Gasteiger partial charge in [0.2, 0.25) is 10.0 Å². The van der Waals surface area contributed by atoms with Crippen LogP contribution in [-0.4, -0.2) is 52.2 Å². The van der Waals surface area contributed by atoms with Crippen molar-refractivity contribution < 1.29 is 17.9 Å². The molecule has 1 aliphatic rings. The number of hydrazine groups is 1. The minimum Gasteiger partial charge on any atom is -0.497 e. The fourth-order valence-corrected chi connectivity index (χ4v) is 3.93. The van der Waals surface area contributed by atoms with E-state index < -0.39 is 34.2 Å². The van der Waals surface area contributed by atoms with E-state index in [2.05, 4.69) is 27.6 Å². The van der Waals surface area contributed by atoms with Crippen molar-refractivity contribution in [3.05, 3.63) is 54.1 Å². The van der Waals surface area contributed by atoms with E-state index in [1.807, 2.05) is 12.1 Å². The average molecular weight is 445 g/mol. The SMILES string of the molecule is COc1ccc(NC2NNC(NC(=O)c3ccc(S(=O)(=O)N(C)C)cc3)C2C#N)cc1. The van der Waals surface area contributed by atoms with Crippen molar-refractivity contribution in [2.75, 3.05) is 26.5 Å². The molecular formula is C20H24N6O4S. The first-order valence-electron chi connectivity index (χ1n) is 9.41. The van der Waals surface area contributed by atoms with Gasteiger partial charge in [0, 0.05) is 25.3 Å². The lowest BCUT2D eigenvalue weighted by Gasteiger charge is -2.19. The lowest BCUT2D eigenvalue weighted by molar-refractivity contribution is 0.0926. The summed E-state index contributed by atoms with van der Waals surface area (Å²) in [6, 6.07) is 15.1. The number of hydrogen-bond donors (Lipinski definition) is 4. The molecule has 0 radical (unpaired) electrons. The van der Waals surface area contributed by atoms with E-state index in [0.717, 1.165) is 15.7 Å². The number of rotatable bonds is 7. The van der Waals surface area contributed by atoms with Crippen molar-refractivity contribution in [3.8, 4) is 11.8 Å². The zero-order chi connectivity index (χ0) is 22.6. The Kier molecular flexibility index (Phi) is 6.77. The highest BCUT2D eigenvalue weighted by Gasteiger charge is 2.37. The molecule has 1 saturated heterocycles. The largest absolute Gasteiger partial charge is 0.497 e. The summed E-state index contributed by atoms with van der Waals surface area (Å²) in [5, 5.41) is 15.6. The topological polar surface area (TPSA) is 136 Å². The summed E-state index contributed by atoms with van der Waals surface area (Å²) in [6.45, 7) is 0. The van der Waals surface area contributed by atoms with Crippen LogP contribution in [0, 0.1) is 17.2 Å². The predicted octanol–water partition coefficient (Wildman–Crippen LogP) is 0.687. The van der Waals surface area contributed by atoms with E-state index >= 15 is 0 Å². The van der Waals surface area contributed by atoms with E-state index in [1.54, 1.807) is 19.2 Å². The molecule has 0 saturated carbocycles. The zero-order valence-corrected chi connectivity index (χ0v) is 18.1. The third-order valence-corrected chi connectivity index (χ3v) is 6.68. The molecule has 10 nitrogen and oxygen atoms in total. The number of benzene rings is 2. The van der Waals surface area contributed by atoms with E-state index in [-0.39, 0.29) is 10.5 Å². The molecule has 0 aromatic heterocycles. The lowest BCUT2D eigenvalue weighted by atomic mass is 10.1. The number of nitrogens with one attached hydrogen (secondary N) is 4. The Morgan fingerprint density at radius 2 is 1.68 bits per heavy atom. The molecule has 2 aromatic rings. The monoisotopic (exact) mass is 444 g/mol. The Bertz CT molecular complexity index is 1060. The van der Waals surface area contributed by atoms with Crippen molar-refractivity contribution in [2.24, 2.45) is 5.92 Å². The van der Waals surface area contributed by atoms with E-state index in [1.165, 1.54) is 38.4 Å². The van der Waals surface area contributed by atoms with Crippen LogP contribution < -0.4 is 26.2 Å². The maximum Gasteiger partial charge on any atom is 0.252 e. The van der Waals surface area contributed by atoms with Crippen LogP contribution in [0.15, 0.2) is 53.4 Å². The average Bonchev–Trinajstić information content (AvgIpc) is 3.15. The summed E-state index contributed by atoms with van der Waals surface area (Å²) in [7, 11) is 0.881. The zero-order valence-electron chi connectivity index (χ0n) is 17.3. The fraction of sp³-hybridized carbons (Fsp3) is 0.300. The molecule has 3 atom stereocenters. The van der Waals surface area contributed by atoms with Gasteiger partial charge >= 0.3 is 0 Å². The number of carbonyl (C=O) groups is 1. The lowest BCUT2D eigenvalue weighted by Crippen LogP contribution is -2.46. The van der Waals surface area contributed by atoms with Gasteiger partial charge in [0.15, 0.2) is 0 Å². The van der Waals surface area contributed by atoms with Crippen molar-refractivity contribution in [2.45, 2.75) is 17.2 Å². The van der Waals surface area contributed by atoms with Gasteiger partial charge in [-0.1, -0.05) is 0 Å². The van der Waals surface area contributed by atoms with Crippen molar-refractivity contribution in [1.29, 1.82) is 5.26 Å².